The lowest BCUT2D eigenvalue weighted by molar-refractivity contribution is 0.102. The van der Waals surface area contributed by atoms with E-state index in [-0.39, 0.29) is 11.5 Å². The minimum atomic E-state index is -1.12. The van der Waals surface area contributed by atoms with Crippen molar-refractivity contribution < 1.29 is 13.6 Å². The van der Waals surface area contributed by atoms with Crippen LogP contribution in [0.1, 0.15) is 28.2 Å². The number of halogens is 2. The number of fused-ring (bicyclic) bond motifs is 1. The van der Waals surface area contributed by atoms with E-state index in [4.69, 9.17) is 5.73 Å². The van der Waals surface area contributed by atoms with Crippen LogP contribution in [0.5, 0.6) is 0 Å². The molecule has 3 aromatic heterocycles. The van der Waals surface area contributed by atoms with Crippen LogP contribution in [0.25, 0.3) is 11.0 Å². The molecule has 0 fully saturated rings. The minimum Gasteiger partial charge on any atom is -0.396 e. The van der Waals surface area contributed by atoms with Gasteiger partial charge in [-0.15, -0.1) is 0 Å². The van der Waals surface area contributed by atoms with Crippen LogP contribution < -0.4 is 11.1 Å². The van der Waals surface area contributed by atoms with Crippen LogP contribution in [-0.4, -0.2) is 32.3 Å². The number of H-pyrrole nitrogens is 1. The molecule has 0 bridgehead atoms. The van der Waals surface area contributed by atoms with Gasteiger partial charge in [0, 0.05) is 25.1 Å². The molecule has 0 saturated carbocycles. The molecule has 0 radical (unpaired) electrons. The smallest absolute Gasteiger partial charge is 0.236 e. The largest absolute Gasteiger partial charge is 0.396 e. The Balaban J connectivity index is 1.58. The summed E-state index contributed by atoms with van der Waals surface area (Å²) in [6.45, 7) is 0.570. The molecule has 152 valence electrons. The van der Waals surface area contributed by atoms with Crippen molar-refractivity contribution in [1.29, 1.82) is 0 Å². The number of nitrogens with two attached hydrogens (primary N) is 1. The van der Waals surface area contributed by atoms with Crippen LogP contribution in [0.4, 0.5) is 20.3 Å². The highest BCUT2D eigenvalue weighted by Gasteiger charge is 2.24. The number of pyridine rings is 1. The molecule has 0 aliphatic carbocycles. The Bertz CT molecular complexity index is 1210. The first-order valence-electron chi connectivity index (χ1n) is 9.30. The van der Waals surface area contributed by atoms with Gasteiger partial charge in [0.25, 0.3) is 0 Å². The van der Waals surface area contributed by atoms with Gasteiger partial charge < -0.3 is 16.0 Å². The van der Waals surface area contributed by atoms with Crippen molar-refractivity contribution in [2.45, 2.75) is 12.8 Å². The molecule has 0 aliphatic heterocycles. The highest BCUT2D eigenvalue weighted by atomic mass is 19.1. The van der Waals surface area contributed by atoms with Crippen molar-refractivity contribution >= 4 is 28.3 Å². The summed E-state index contributed by atoms with van der Waals surface area (Å²) in [6, 6.07) is 7.63. The van der Waals surface area contributed by atoms with Gasteiger partial charge in [-0.2, -0.15) is 0 Å². The van der Waals surface area contributed by atoms with Gasteiger partial charge >= 0.3 is 0 Å². The molecule has 4 N–H and O–H groups in total. The first kappa shape index (κ1) is 19.4. The predicted octanol–water partition coefficient (Wildman–Crippen LogP) is 3.49. The summed E-state index contributed by atoms with van der Waals surface area (Å²) in [5.74, 6) is -3.05. The molecule has 0 spiro atoms. The number of nitrogen functional groups attached to an aromatic ring is 1. The molecule has 1 aromatic carbocycles. The lowest BCUT2D eigenvalue weighted by Gasteiger charge is -2.10. The Hall–Kier alpha value is -3.88. The van der Waals surface area contributed by atoms with E-state index in [2.05, 4.69) is 25.3 Å². The predicted molar refractivity (Wildman–Crippen MR) is 109 cm³/mol. The first-order chi connectivity index (χ1) is 14.5. The summed E-state index contributed by atoms with van der Waals surface area (Å²) in [4.78, 5) is 28.1. The van der Waals surface area contributed by atoms with E-state index in [0.717, 1.165) is 30.5 Å². The van der Waals surface area contributed by atoms with Crippen molar-refractivity contribution in [1.82, 2.24) is 19.9 Å². The summed E-state index contributed by atoms with van der Waals surface area (Å²) in [5.41, 5.74) is 5.87. The van der Waals surface area contributed by atoms with Crippen LogP contribution in [0.3, 0.4) is 0 Å². The number of rotatable bonds is 7. The third-order valence-electron chi connectivity index (χ3n) is 4.62. The maximum Gasteiger partial charge on any atom is 0.236 e. The van der Waals surface area contributed by atoms with Crippen LogP contribution in [0, 0.1) is 11.6 Å². The minimum absolute atomic E-state index is 0.325. The summed E-state index contributed by atoms with van der Waals surface area (Å²) < 4.78 is 28.4. The van der Waals surface area contributed by atoms with E-state index >= 15 is 0 Å². The van der Waals surface area contributed by atoms with Crippen molar-refractivity contribution in [2.75, 3.05) is 17.6 Å². The average Bonchev–Trinajstić information content (AvgIpc) is 3.23. The molecular weight excluding hydrogens is 390 g/mol. The number of aryl methyl sites for hydroxylation is 1. The van der Waals surface area contributed by atoms with E-state index in [9.17, 15) is 13.6 Å². The van der Waals surface area contributed by atoms with Gasteiger partial charge in [-0.3, -0.25) is 9.78 Å². The average molecular weight is 408 g/mol. The zero-order chi connectivity index (χ0) is 21.1. The number of ketones is 1. The number of aromatic nitrogens is 4. The van der Waals surface area contributed by atoms with Crippen molar-refractivity contribution in [3.05, 3.63) is 77.5 Å². The Labute approximate surface area is 170 Å². The number of aromatic amines is 1. The standard InChI is InChI=1S/C21H18F2N6O/c22-14-5-6-15(24)17(23)16(14)18(30)21-28-19(13-7-10-27-20(13)29-21)26-9-2-4-12-3-1-8-25-11-12/h1,3,5-8,10-11H,2,4,9,24H2,(H2,26,27,28,29). The van der Waals surface area contributed by atoms with Gasteiger partial charge in [-0.25, -0.2) is 18.7 Å². The van der Waals surface area contributed by atoms with E-state index in [1.54, 1.807) is 24.7 Å². The van der Waals surface area contributed by atoms with Crippen LogP contribution in [0.2, 0.25) is 0 Å². The molecular formula is C21H18F2N6O. The Kier molecular flexibility index (Phi) is 5.34. The highest BCUT2D eigenvalue weighted by molar-refractivity contribution is 6.08. The first-order valence-corrected chi connectivity index (χ1v) is 9.30. The van der Waals surface area contributed by atoms with Crippen LogP contribution >= 0.6 is 0 Å². The number of carbonyl (C=O) groups excluding carboxylic acids is 1. The SMILES string of the molecule is Nc1ccc(F)c(C(=O)c2nc(NCCCc3cccnc3)c3cc[nH]c3n2)c1F. The summed E-state index contributed by atoms with van der Waals surface area (Å²) in [5, 5.41) is 3.84. The fourth-order valence-corrected chi connectivity index (χ4v) is 3.11. The highest BCUT2D eigenvalue weighted by Crippen LogP contribution is 2.24. The molecule has 30 heavy (non-hydrogen) atoms. The summed E-state index contributed by atoms with van der Waals surface area (Å²) in [7, 11) is 0. The third kappa shape index (κ3) is 3.82. The normalized spacial score (nSPS) is 11.0. The molecule has 0 atom stereocenters. The lowest BCUT2D eigenvalue weighted by Crippen LogP contribution is -2.15. The topological polar surface area (TPSA) is 110 Å². The van der Waals surface area contributed by atoms with Crippen molar-refractivity contribution in [2.24, 2.45) is 0 Å². The van der Waals surface area contributed by atoms with E-state index in [0.29, 0.717) is 23.4 Å². The van der Waals surface area contributed by atoms with E-state index in [1.807, 2.05) is 12.1 Å². The molecule has 0 aliphatic rings. The molecule has 0 amide bonds. The summed E-state index contributed by atoms with van der Waals surface area (Å²) >= 11 is 0. The van der Waals surface area contributed by atoms with Gasteiger partial charge in [0.15, 0.2) is 5.82 Å². The number of benzene rings is 1. The van der Waals surface area contributed by atoms with E-state index in [1.165, 1.54) is 0 Å². The fourth-order valence-electron chi connectivity index (χ4n) is 3.11. The van der Waals surface area contributed by atoms with Crippen LogP contribution in [0.15, 0.2) is 48.9 Å². The second kappa shape index (κ2) is 8.24. The Morgan fingerprint density at radius 3 is 2.83 bits per heavy atom. The zero-order valence-corrected chi connectivity index (χ0v) is 15.8. The number of carbonyl (C=O) groups is 1. The summed E-state index contributed by atoms with van der Waals surface area (Å²) in [6.07, 6.45) is 6.78. The Morgan fingerprint density at radius 2 is 2.03 bits per heavy atom. The molecule has 7 nitrogen and oxygen atoms in total. The molecule has 0 unspecified atom stereocenters. The maximum atomic E-state index is 14.3. The quantitative estimate of drug-likeness (QED) is 0.245. The molecule has 9 heteroatoms. The Morgan fingerprint density at radius 1 is 1.17 bits per heavy atom. The molecule has 3 heterocycles. The number of nitrogens with zero attached hydrogens (tertiary/aromatic N) is 3. The molecule has 4 rings (SSSR count). The second-order valence-corrected chi connectivity index (χ2v) is 6.68. The molecule has 0 saturated heterocycles. The molecule has 4 aromatic rings. The van der Waals surface area contributed by atoms with Crippen LogP contribution in [-0.2, 0) is 6.42 Å². The fraction of sp³-hybridized carbons (Fsp3) is 0.143. The second-order valence-electron chi connectivity index (χ2n) is 6.68. The van der Waals surface area contributed by atoms with Gasteiger partial charge in [-0.05, 0) is 42.7 Å². The van der Waals surface area contributed by atoms with Crippen molar-refractivity contribution in [3.63, 3.8) is 0 Å². The van der Waals surface area contributed by atoms with Gasteiger partial charge in [0.05, 0.1) is 16.6 Å². The van der Waals surface area contributed by atoms with Crippen molar-refractivity contribution in [3.8, 4) is 0 Å². The number of nitrogens with one attached hydrogen (secondary N) is 2. The number of anilines is 2. The zero-order valence-electron chi connectivity index (χ0n) is 15.8. The van der Waals surface area contributed by atoms with E-state index < -0.39 is 23.0 Å². The maximum absolute atomic E-state index is 14.3. The third-order valence-corrected chi connectivity index (χ3v) is 4.62. The lowest BCUT2D eigenvalue weighted by atomic mass is 10.1. The van der Waals surface area contributed by atoms with Gasteiger partial charge in [0.1, 0.15) is 17.3 Å². The number of hydrogen-bond acceptors (Lipinski definition) is 6. The van der Waals surface area contributed by atoms with Gasteiger partial charge in [-0.1, -0.05) is 6.07 Å². The monoisotopic (exact) mass is 408 g/mol. The number of hydrogen-bond donors (Lipinski definition) is 3. The van der Waals surface area contributed by atoms with Gasteiger partial charge in [0.2, 0.25) is 11.6 Å².